The Bertz CT molecular complexity index is 774. The molecule has 0 aliphatic rings. The summed E-state index contributed by atoms with van der Waals surface area (Å²) >= 11 is 0. The molecule has 2 aromatic rings. The molecule has 0 aromatic heterocycles. The van der Waals surface area contributed by atoms with E-state index in [1.54, 1.807) is 18.2 Å². The Morgan fingerprint density at radius 1 is 0.824 bits per heavy atom. The zero-order valence-electron chi connectivity index (χ0n) is 8.99. The van der Waals surface area contributed by atoms with E-state index in [-0.39, 0.29) is 4.90 Å². The number of hydrogen-bond donors (Lipinski definition) is 0. The lowest BCUT2D eigenvalue weighted by Crippen LogP contribution is -2.13. The lowest BCUT2D eigenvalue weighted by atomic mass is 10.1. The minimum absolute atomic E-state index is 0.196. The molecule has 0 unspecified atom stereocenters. The van der Waals surface area contributed by atoms with Gasteiger partial charge in [-0.1, -0.05) is 30.3 Å². The molecule has 0 aliphatic carbocycles. The highest BCUT2D eigenvalue weighted by Crippen LogP contribution is 2.22. The van der Waals surface area contributed by atoms with Crippen molar-refractivity contribution in [1.29, 1.82) is 0 Å². The molecule has 0 amide bonds. The molecule has 0 saturated heterocycles. The van der Waals surface area contributed by atoms with Gasteiger partial charge in [-0.3, -0.25) is 0 Å². The van der Waals surface area contributed by atoms with Gasteiger partial charge in [-0.05, 0) is 22.9 Å². The Labute approximate surface area is 99.1 Å². The predicted octanol–water partition coefficient (Wildman–Crippen LogP) is 1.57. The maximum Gasteiger partial charge on any atom is 0.281 e. The fourth-order valence-electron chi connectivity index (χ4n) is 1.50. The van der Waals surface area contributed by atoms with Crippen LogP contribution in [0.15, 0.2) is 47.4 Å². The lowest BCUT2D eigenvalue weighted by molar-refractivity contribution is 0.586. The highest BCUT2D eigenvalue weighted by Gasteiger charge is 2.26. The molecular weight excluding hydrogens is 260 g/mol. The van der Waals surface area contributed by atoms with Crippen LogP contribution in [0.1, 0.15) is 0 Å². The summed E-state index contributed by atoms with van der Waals surface area (Å²) in [6.45, 7) is 0. The molecule has 90 valence electrons. The summed E-state index contributed by atoms with van der Waals surface area (Å²) in [7, 11) is -8.45. The van der Waals surface area contributed by atoms with Gasteiger partial charge in [0.25, 0.3) is 17.7 Å². The average molecular weight is 270 g/mol. The molecule has 17 heavy (non-hydrogen) atoms. The Kier molecular flexibility index (Phi) is 2.71. The highest BCUT2D eigenvalue weighted by molar-refractivity contribution is 8.66. The normalized spacial score (nSPS) is 12.8. The summed E-state index contributed by atoms with van der Waals surface area (Å²) < 4.78 is 45.8. The third-order valence-electron chi connectivity index (χ3n) is 2.41. The summed E-state index contributed by atoms with van der Waals surface area (Å²) in [5.74, 6) is 0. The molecule has 0 atom stereocenters. The quantitative estimate of drug-likeness (QED) is 0.777. The maximum absolute atomic E-state index is 11.7. The van der Waals surface area contributed by atoms with Crippen molar-refractivity contribution in [1.82, 2.24) is 0 Å². The number of benzene rings is 2. The third kappa shape index (κ3) is 2.05. The Morgan fingerprint density at radius 2 is 1.41 bits per heavy atom. The molecule has 6 heteroatoms. The molecule has 2 aromatic carbocycles. The molecule has 0 N–H and O–H groups in total. The van der Waals surface area contributed by atoms with E-state index < -0.39 is 17.7 Å². The zero-order chi connectivity index (χ0) is 12.7. The molecule has 2 rings (SSSR count). The minimum atomic E-state index is -4.30. The van der Waals surface area contributed by atoms with E-state index in [2.05, 4.69) is 0 Å². The van der Waals surface area contributed by atoms with Gasteiger partial charge in [0, 0.05) is 0 Å². The second kappa shape index (κ2) is 3.82. The minimum Gasteiger partial charge on any atom is -0.213 e. The molecule has 0 spiro atoms. The van der Waals surface area contributed by atoms with E-state index in [9.17, 15) is 16.8 Å². The molecule has 0 aliphatic heterocycles. The monoisotopic (exact) mass is 270 g/mol. The molecule has 4 nitrogen and oxygen atoms in total. The zero-order valence-corrected chi connectivity index (χ0v) is 10.6. The molecule has 0 heterocycles. The molecule has 0 saturated carbocycles. The summed E-state index contributed by atoms with van der Waals surface area (Å²) in [5.41, 5.74) is 0. The van der Waals surface area contributed by atoms with E-state index in [0.717, 1.165) is 5.39 Å². The fraction of sp³-hybridized carbons (Fsp3) is 0.0909. The van der Waals surface area contributed by atoms with E-state index in [0.29, 0.717) is 11.6 Å². The topological polar surface area (TPSA) is 68.3 Å². The van der Waals surface area contributed by atoms with E-state index in [1.165, 1.54) is 12.1 Å². The van der Waals surface area contributed by atoms with E-state index >= 15 is 0 Å². The van der Waals surface area contributed by atoms with Crippen molar-refractivity contribution in [2.45, 2.75) is 4.90 Å². The van der Waals surface area contributed by atoms with Crippen molar-refractivity contribution in [3.8, 4) is 0 Å². The van der Waals surface area contributed by atoms with Crippen LogP contribution < -0.4 is 0 Å². The van der Waals surface area contributed by atoms with Crippen LogP contribution >= 0.6 is 0 Å². The van der Waals surface area contributed by atoms with E-state index in [1.807, 2.05) is 12.1 Å². The number of fused-ring (bicyclic) bond motifs is 1. The molecule has 0 radical (unpaired) electrons. The second-order valence-electron chi connectivity index (χ2n) is 3.67. The van der Waals surface area contributed by atoms with Crippen molar-refractivity contribution >= 4 is 28.5 Å². The summed E-state index contributed by atoms with van der Waals surface area (Å²) in [5, 5.41) is 1.55. The van der Waals surface area contributed by atoms with Crippen LogP contribution in [-0.4, -0.2) is 23.1 Å². The van der Waals surface area contributed by atoms with Gasteiger partial charge < -0.3 is 0 Å². The lowest BCUT2D eigenvalue weighted by Gasteiger charge is -2.03. The van der Waals surface area contributed by atoms with Crippen LogP contribution in [0.2, 0.25) is 0 Å². The van der Waals surface area contributed by atoms with Crippen LogP contribution in [-0.2, 0) is 17.7 Å². The highest BCUT2D eigenvalue weighted by atomic mass is 33.2. The smallest absolute Gasteiger partial charge is 0.213 e. The Hall–Kier alpha value is -1.40. The first-order valence-electron chi connectivity index (χ1n) is 4.76. The predicted molar refractivity (Wildman–Crippen MR) is 66.0 cm³/mol. The van der Waals surface area contributed by atoms with Crippen molar-refractivity contribution in [3.05, 3.63) is 42.5 Å². The summed E-state index contributed by atoms with van der Waals surface area (Å²) in [6, 6.07) is 11.4. The molecular formula is C11H10O4S2. The van der Waals surface area contributed by atoms with Gasteiger partial charge in [-0.25, -0.2) is 16.8 Å². The molecule has 0 bridgehead atoms. The van der Waals surface area contributed by atoms with Crippen LogP contribution in [0.25, 0.3) is 10.8 Å². The van der Waals surface area contributed by atoms with Crippen LogP contribution in [0.5, 0.6) is 0 Å². The van der Waals surface area contributed by atoms with Gasteiger partial charge in [0.1, 0.15) is 0 Å². The summed E-state index contributed by atoms with van der Waals surface area (Å²) in [6.07, 6.45) is 0.692. The Morgan fingerprint density at radius 3 is 2.00 bits per heavy atom. The van der Waals surface area contributed by atoms with Crippen LogP contribution in [0.4, 0.5) is 0 Å². The number of rotatable bonds is 2. The molecule has 0 fully saturated rings. The van der Waals surface area contributed by atoms with Gasteiger partial charge in [0.15, 0.2) is 0 Å². The van der Waals surface area contributed by atoms with Gasteiger partial charge in [0.05, 0.1) is 11.2 Å². The second-order valence-corrected chi connectivity index (χ2v) is 9.59. The van der Waals surface area contributed by atoms with Crippen LogP contribution in [0, 0.1) is 0 Å². The van der Waals surface area contributed by atoms with Crippen molar-refractivity contribution in [3.63, 3.8) is 0 Å². The van der Waals surface area contributed by atoms with Crippen molar-refractivity contribution in [2.75, 3.05) is 6.26 Å². The number of hydrogen-bond acceptors (Lipinski definition) is 4. The standard InChI is InChI=1S/C11H10O4S2/c1-16(12,13)17(14,15)11-7-6-9-4-2-3-5-10(9)8-11/h2-8H,1H3. The van der Waals surface area contributed by atoms with Crippen LogP contribution in [0.3, 0.4) is 0 Å². The first-order valence-corrected chi connectivity index (χ1v) is 8.65. The summed E-state index contributed by atoms with van der Waals surface area (Å²) in [4.78, 5) is -0.196. The van der Waals surface area contributed by atoms with Crippen molar-refractivity contribution in [2.24, 2.45) is 0 Å². The van der Waals surface area contributed by atoms with Gasteiger partial charge >= 0.3 is 0 Å². The van der Waals surface area contributed by atoms with Gasteiger partial charge in [0.2, 0.25) is 0 Å². The average Bonchev–Trinajstić information content (AvgIpc) is 2.27. The maximum atomic E-state index is 11.7. The third-order valence-corrected chi connectivity index (χ3v) is 7.01. The van der Waals surface area contributed by atoms with Crippen molar-refractivity contribution < 1.29 is 16.8 Å². The fourth-order valence-corrected chi connectivity index (χ4v) is 3.71. The first kappa shape index (κ1) is 12.1. The SMILES string of the molecule is CS(=O)(=O)S(=O)(=O)c1ccc2ccccc2c1. The Balaban J connectivity index is 2.75. The van der Waals surface area contributed by atoms with Gasteiger partial charge in [-0.15, -0.1) is 0 Å². The van der Waals surface area contributed by atoms with Gasteiger partial charge in [-0.2, -0.15) is 0 Å². The largest absolute Gasteiger partial charge is 0.281 e. The first-order chi connectivity index (χ1) is 7.82. The van der Waals surface area contributed by atoms with E-state index in [4.69, 9.17) is 0 Å².